The Bertz CT molecular complexity index is 1140. The number of benzene rings is 3. The van der Waals surface area contributed by atoms with Crippen LogP contribution in [0.15, 0.2) is 60.7 Å². The average Bonchev–Trinajstić information content (AvgIpc) is 2.82. The van der Waals surface area contributed by atoms with Gasteiger partial charge in [0.25, 0.3) is 5.91 Å². The predicted molar refractivity (Wildman–Crippen MR) is 131 cm³/mol. The lowest BCUT2D eigenvalue weighted by molar-refractivity contribution is 0.0925. The quantitative estimate of drug-likeness (QED) is 0.566. The normalized spacial score (nSPS) is 15.6. The molecule has 0 aliphatic carbocycles. The number of hydrogen-bond acceptors (Lipinski definition) is 4. The maximum absolute atomic E-state index is 13.0. The van der Waals surface area contributed by atoms with E-state index in [0.29, 0.717) is 17.9 Å². The molecule has 3 aromatic carbocycles. The van der Waals surface area contributed by atoms with Crippen molar-refractivity contribution in [2.75, 3.05) is 27.3 Å². The van der Waals surface area contributed by atoms with E-state index in [-0.39, 0.29) is 11.9 Å². The number of methoxy groups -OCH3 is 2. The van der Waals surface area contributed by atoms with Gasteiger partial charge in [-0.25, -0.2) is 0 Å². The SMILES string of the molecule is COc1cc2c(cc1OC)C(CNC(=O)c1ccccc1C)N(Cc1cccc(C)c1)CC2. The molecule has 0 fully saturated rings. The number of aryl methyl sites for hydroxylation is 2. The first-order valence-corrected chi connectivity index (χ1v) is 11.4. The Morgan fingerprint density at radius 1 is 1.00 bits per heavy atom. The molecule has 0 aromatic heterocycles. The Morgan fingerprint density at radius 2 is 1.76 bits per heavy atom. The van der Waals surface area contributed by atoms with Gasteiger partial charge in [0.15, 0.2) is 11.5 Å². The fraction of sp³-hybridized carbons (Fsp3) is 0.321. The van der Waals surface area contributed by atoms with Crippen LogP contribution in [0.5, 0.6) is 11.5 Å². The third-order valence-corrected chi connectivity index (χ3v) is 6.43. The van der Waals surface area contributed by atoms with Crippen LogP contribution in [0.4, 0.5) is 0 Å². The first kappa shape index (κ1) is 22.9. The molecule has 1 amide bonds. The number of ether oxygens (including phenoxy) is 2. The highest BCUT2D eigenvalue weighted by Crippen LogP contribution is 2.38. The fourth-order valence-corrected chi connectivity index (χ4v) is 4.67. The van der Waals surface area contributed by atoms with Gasteiger partial charge in [0, 0.05) is 25.2 Å². The van der Waals surface area contributed by atoms with Crippen molar-refractivity contribution in [1.29, 1.82) is 0 Å². The standard InChI is InChI=1S/C28H32N2O3/c1-19-8-7-10-21(14-19)18-30-13-12-22-15-26(32-3)27(33-4)16-24(22)25(30)17-29-28(31)23-11-6-5-9-20(23)2/h5-11,14-16,25H,12-13,17-18H2,1-4H3,(H,29,31). The molecule has 5 nitrogen and oxygen atoms in total. The Kier molecular flexibility index (Phi) is 6.99. The minimum absolute atomic E-state index is 0.0297. The van der Waals surface area contributed by atoms with Gasteiger partial charge < -0.3 is 14.8 Å². The first-order chi connectivity index (χ1) is 16.0. The van der Waals surface area contributed by atoms with Crippen LogP contribution < -0.4 is 14.8 Å². The van der Waals surface area contributed by atoms with Crippen LogP contribution in [0, 0.1) is 13.8 Å². The Labute approximate surface area is 196 Å². The maximum Gasteiger partial charge on any atom is 0.251 e. The van der Waals surface area contributed by atoms with Gasteiger partial charge in [0.05, 0.1) is 20.3 Å². The predicted octanol–water partition coefficient (Wildman–Crippen LogP) is 4.85. The van der Waals surface area contributed by atoms with E-state index in [1.54, 1.807) is 14.2 Å². The van der Waals surface area contributed by atoms with Gasteiger partial charge in [0.2, 0.25) is 0 Å². The van der Waals surface area contributed by atoms with Gasteiger partial charge in [-0.3, -0.25) is 9.69 Å². The number of rotatable bonds is 7. The second kappa shape index (κ2) is 10.1. The number of nitrogens with zero attached hydrogens (tertiary/aromatic N) is 1. The van der Waals surface area contributed by atoms with E-state index in [4.69, 9.17) is 9.47 Å². The summed E-state index contributed by atoms with van der Waals surface area (Å²) in [7, 11) is 3.32. The summed E-state index contributed by atoms with van der Waals surface area (Å²) in [5.41, 5.74) is 6.63. The summed E-state index contributed by atoms with van der Waals surface area (Å²) in [6.45, 7) is 6.32. The Hall–Kier alpha value is -3.31. The molecular formula is C28H32N2O3. The largest absolute Gasteiger partial charge is 0.493 e. The molecule has 33 heavy (non-hydrogen) atoms. The van der Waals surface area contributed by atoms with Gasteiger partial charge in [-0.2, -0.15) is 0 Å². The van der Waals surface area contributed by atoms with E-state index in [9.17, 15) is 4.79 Å². The van der Waals surface area contributed by atoms with Crippen molar-refractivity contribution in [1.82, 2.24) is 10.2 Å². The summed E-state index contributed by atoms with van der Waals surface area (Å²) in [6.07, 6.45) is 0.920. The van der Waals surface area contributed by atoms with Gasteiger partial charge in [0.1, 0.15) is 0 Å². The summed E-state index contributed by atoms with van der Waals surface area (Å²) >= 11 is 0. The lowest BCUT2D eigenvalue weighted by Gasteiger charge is -2.38. The third kappa shape index (κ3) is 5.04. The van der Waals surface area contributed by atoms with Crippen LogP contribution in [0.3, 0.4) is 0 Å². The smallest absolute Gasteiger partial charge is 0.251 e. The molecule has 1 atom stereocenters. The molecule has 172 valence electrons. The zero-order valence-electron chi connectivity index (χ0n) is 19.9. The first-order valence-electron chi connectivity index (χ1n) is 11.4. The minimum atomic E-state index is -0.0452. The van der Waals surface area contributed by atoms with E-state index in [1.165, 1.54) is 22.3 Å². The summed E-state index contributed by atoms with van der Waals surface area (Å²) in [5.74, 6) is 1.41. The van der Waals surface area contributed by atoms with Crippen molar-refractivity contribution >= 4 is 5.91 Å². The molecule has 1 unspecified atom stereocenters. The lowest BCUT2D eigenvalue weighted by Crippen LogP contribution is -2.42. The van der Waals surface area contributed by atoms with Crippen molar-refractivity contribution in [2.45, 2.75) is 32.9 Å². The molecule has 1 aliphatic rings. The molecular weight excluding hydrogens is 412 g/mol. The van der Waals surface area contributed by atoms with Gasteiger partial charge in [-0.05, 0) is 60.7 Å². The zero-order valence-corrected chi connectivity index (χ0v) is 19.9. The molecule has 0 bridgehead atoms. The van der Waals surface area contributed by atoms with Crippen LogP contribution in [-0.4, -0.2) is 38.1 Å². The number of fused-ring (bicyclic) bond motifs is 1. The van der Waals surface area contributed by atoms with Crippen molar-refractivity contribution < 1.29 is 14.3 Å². The number of amides is 1. The fourth-order valence-electron chi connectivity index (χ4n) is 4.67. The van der Waals surface area contributed by atoms with E-state index in [1.807, 2.05) is 31.2 Å². The highest BCUT2D eigenvalue weighted by molar-refractivity contribution is 5.95. The molecule has 0 spiro atoms. The van der Waals surface area contributed by atoms with Crippen LogP contribution >= 0.6 is 0 Å². The molecule has 1 aliphatic heterocycles. The zero-order chi connectivity index (χ0) is 23.4. The average molecular weight is 445 g/mol. The van der Waals surface area contributed by atoms with Gasteiger partial charge >= 0.3 is 0 Å². The number of carbonyl (C=O) groups is 1. The number of carbonyl (C=O) groups excluding carboxylic acids is 1. The van der Waals surface area contributed by atoms with Crippen LogP contribution in [-0.2, 0) is 13.0 Å². The van der Waals surface area contributed by atoms with E-state index in [2.05, 4.69) is 53.5 Å². The molecule has 4 rings (SSSR count). The molecule has 0 saturated carbocycles. The van der Waals surface area contributed by atoms with Gasteiger partial charge in [-0.1, -0.05) is 48.0 Å². The topological polar surface area (TPSA) is 50.8 Å². The van der Waals surface area contributed by atoms with Crippen molar-refractivity contribution in [3.63, 3.8) is 0 Å². The molecule has 5 heteroatoms. The van der Waals surface area contributed by atoms with E-state index >= 15 is 0 Å². The van der Waals surface area contributed by atoms with Crippen molar-refractivity contribution in [3.05, 3.63) is 94.0 Å². The van der Waals surface area contributed by atoms with E-state index in [0.717, 1.165) is 30.8 Å². The Balaban J connectivity index is 1.64. The highest BCUT2D eigenvalue weighted by atomic mass is 16.5. The summed E-state index contributed by atoms with van der Waals surface area (Å²) < 4.78 is 11.1. The van der Waals surface area contributed by atoms with Crippen LogP contribution in [0.2, 0.25) is 0 Å². The van der Waals surface area contributed by atoms with Crippen LogP contribution in [0.1, 0.15) is 44.2 Å². The number of nitrogens with one attached hydrogen (secondary N) is 1. The number of hydrogen-bond donors (Lipinski definition) is 1. The van der Waals surface area contributed by atoms with E-state index < -0.39 is 0 Å². The van der Waals surface area contributed by atoms with Crippen molar-refractivity contribution in [3.8, 4) is 11.5 Å². The molecule has 0 radical (unpaired) electrons. The van der Waals surface area contributed by atoms with Crippen molar-refractivity contribution in [2.24, 2.45) is 0 Å². The third-order valence-electron chi connectivity index (χ3n) is 6.43. The highest BCUT2D eigenvalue weighted by Gasteiger charge is 2.29. The van der Waals surface area contributed by atoms with Gasteiger partial charge in [-0.15, -0.1) is 0 Å². The summed E-state index contributed by atoms with van der Waals surface area (Å²) in [4.78, 5) is 15.4. The summed E-state index contributed by atoms with van der Waals surface area (Å²) in [6, 6.07) is 20.5. The second-order valence-electron chi connectivity index (χ2n) is 8.66. The minimum Gasteiger partial charge on any atom is -0.493 e. The molecule has 0 saturated heterocycles. The maximum atomic E-state index is 13.0. The molecule has 1 heterocycles. The molecule has 1 N–H and O–H groups in total. The monoisotopic (exact) mass is 444 g/mol. The Morgan fingerprint density at radius 3 is 2.48 bits per heavy atom. The molecule has 3 aromatic rings. The van der Waals surface area contributed by atoms with Crippen LogP contribution in [0.25, 0.3) is 0 Å². The lowest BCUT2D eigenvalue weighted by atomic mass is 9.91. The summed E-state index contributed by atoms with van der Waals surface area (Å²) in [5, 5.41) is 3.19. The second-order valence-corrected chi connectivity index (χ2v) is 8.66.